The van der Waals surface area contributed by atoms with Crippen molar-refractivity contribution in [3.05, 3.63) is 33.4 Å². The normalized spacial score (nSPS) is 13.0. The van der Waals surface area contributed by atoms with Gasteiger partial charge in [0.05, 0.1) is 0 Å². The van der Waals surface area contributed by atoms with Gasteiger partial charge in [-0.1, -0.05) is 12.1 Å². The summed E-state index contributed by atoms with van der Waals surface area (Å²) in [7, 11) is 0. The zero-order valence-electron chi connectivity index (χ0n) is 6.55. The van der Waals surface area contributed by atoms with Crippen LogP contribution in [0.15, 0.2) is 24.3 Å². The van der Waals surface area contributed by atoms with Crippen molar-refractivity contribution < 1.29 is 0 Å². The average Bonchev–Trinajstić information content (AvgIpc) is 1.93. The quantitative estimate of drug-likeness (QED) is 0.807. The standard InChI is InChI=1S/C9H12IN/c1-7(11)6-8-2-4-9(10)5-3-8/h2-5,7H,6,11H2,1H3/i10-4. The SMILES string of the molecule is CC(N)Cc1ccc([123I])cc1. The largest absolute Gasteiger partial charge is 0.328 e. The molecule has 11 heavy (non-hydrogen) atoms. The summed E-state index contributed by atoms with van der Waals surface area (Å²) in [6.45, 7) is 2.03. The van der Waals surface area contributed by atoms with Crippen LogP contribution in [-0.2, 0) is 6.42 Å². The lowest BCUT2D eigenvalue weighted by Crippen LogP contribution is -2.17. The summed E-state index contributed by atoms with van der Waals surface area (Å²) in [5, 5.41) is 0. The Morgan fingerprint density at radius 1 is 1.36 bits per heavy atom. The molecule has 0 aliphatic rings. The first-order valence-corrected chi connectivity index (χ1v) is 4.76. The van der Waals surface area contributed by atoms with E-state index in [0.29, 0.717) is 0 Å². The minimum Gasteiger partial charge on any atom is -0.328 e. The number of hydrogen-bond acceptors (Lipinski definition) is 1. The van der Waals surface area contributed by atoms with Crippen LogP contribution in [0.3, 0.4) is 0 Å². The molecular weight excluding hydrogens is 245 g/mol. The highest BCUT2D eigenvalue weighted by atomic mass is 123. The molecule has 0 amide bonds. The third-order valence-electron chi connectivity index (χ3n) is 1.47. The molecule has 1 unspecified atom stereocenters. The molecule has 1 rings (SSSR count). The van der Waals surface area contributed by atoms with Gasteiger partial charge in [-0.2, -0.15) is 0 Å². The van der Waals surface area contributed by atoms with Crippen LogP contribution in [0, 0.1) is 3.57 Å². The Bertz CT molecular complexity index is 216. The van der Waals surface area contributed by atoms with Gasteiger partial charge in [-0.15, -0.1) is 0 Å². The minimum absolute atomic E-state index is 0.259. The second-order valence-corrected chi connectivity index (χ2v) is 4.05. The number of nitrogens with two attached hydrogens (primary N) is 1. The van der Waals surface area contributed by atoms with Crippen molar-refractivity contribution in [1.82, 2.24) is 0 Å². The first-order chi connectivity index (χ1) is 5.18. The van der Waals surface area contributed by atoms with Crippen LogP contribution in [0.25, 0.3) is 0 Å². The predicted molar refractivity (Wildman–Crippen MR) is 56.5 cm³/mol. The smallest absolute Gasteiger partial charge is 0.0130 e. The van der Waals surface area contributed by atoms with E-state index in [1.165, 1.54) is 9.13 Å². The maximum absolute atomic E-state index is 5.66. The summed E-state index contributed by atoms with van der Waals surface area (Å²) < 4.78 is 1.27. The van der Waals surface area contributed by atoms with Gasteiger partial charge in [-0.3, -0.25) is 0 Å². The van der Waals surface area contributed by atoms with Crippen LogP contribution in [-0.4, -0.2) is 6.04 Å². The lowest BCUT2D eigenvalue weighted by molar-refractivity contribution is 0.738. The number of benzene rings is 1. The molecule has 1 atom stereocenters. The third kappa shape index (κ3) is 3.20. The van der Waals surface area contributed by atoms with E-state index in [4.69, 9.17) is 5.73 Å². The first-order valence-electron chi connectivity index (χ1n) is 3.68. The zero-order valence-corrected chi connectivity index (χ0v) is 8.71. The van der Waals surface area contributed by atoms with Gasteiger partial charge in [-0.25, -0.2) is 0 Å². The van der Waals surface area contributed by atoms with E-state index in [1.807, 2.05) is 6.92 Å². The summed E-state index contributed by atoms with van der Waals surface area (Å²) in [6.07, 6.45) is 0.969. The van der Waals surface area contributed by atoms with Crippen LogP contribution < -0.4 is 5.73 Å². The maximum atomic E-state index is 5.66. The molecule has 1 aromatic carbocycles. The molecular formula is C9H12IN. The van der Waals surface area contributed by atoms with Crippen molar-refractivity contribution in [3.63, 3.8) is 0 Å². The molecule has 2 N–H and O–H groups in total. The molecule has 0 aliphatic heterocycles. The summed E-state index contributed by atoms with van der Waals surface area (Å²) >= 11 is 2.30. The molecule has 0 bridgehead atoms. The number of halogens is 1. The highest BCUT2D eigenvalue weighted by Crippen LogP contribution is 2.07. The Labute approximate surface area is 81.1 Å². The van der Waals surface area contributed by atoms with Crippen molar-refractivity contribution in [1.29, 1.82) is 0 Å². The topological polar surface area (TPSA) is 26.0 Å². The molecule has 0 heterocycles. The molecule has 0 saturated carbocycles. The Morgan fingerprint density at radius 2 is 1.91 bits per heavy atom. The summed E-state index contributed by atoms with van der Waals surface area (Å²) in [5.41, 5.74) is 6.98. The fraction of sp³-hybridized carbons (Fsp3) is 0.333. The van der Waals surface area contributed by atoms with Crippen LogP contribution >= 0.6 is 22.6 Å². The highest BCUT2D eigenvalue weighted by molar-refractivity contribution is 14.1. The summed E-state index contributed by atoms with van der Waals surface area (Å²) in [6, 6.07) is 8.74. The Kier molecular flexibility index (Phi) is 3.33. The van der Waals surface area contributed by atoms with Gasteiger partial charge < -0.3 is 5.73 Å². The van der Waals surface area contributed by atoms with E-state index in [-0.39, 0.29) is 6.04 Å². The number of rotatable bonds is 2. The average molecular weight is 257 g/mol. The Morgan fingerprint density at radius 3 is 2.36 bits per heavy atom. The second-order valence-electron chi connectivity index (χ2n) is 2.81. The van der Waals surface area contributed by atoms with E-state index in [9.17, 15) is 0 Å². The third-order valence-corrected chi connectivity index (χ3v) is 2.19. The van der Waals surface area contributed by atoms with Gasteiger partial charge >= 0.3 is 0 Å². The highest BCUT2D eigenvalue weighted by Gasteiger charge is 1.96. The summed E-state index contributed by atoms with van der Waals surface area (Å²) in [5.74, 6) is 0. The van der Waals surface area contributed by atoms with Crippen molar-refractivity contribution in [3.8, 4) is 0 Å². The molecule has 60 valence electrons. The van der Waals surface area contributed by atoms with Gasteiger partial charge in [0.15, 0.2) is 0 Å². The van der Waals surface area contributed by atoms with Gasteiger partial charge in [0.1, 0.15) is 0 Å². The Balaban J connectivity index is 2.66. The van der Waals surface area contributed by atoms with Crippen molar-refractivity contribution in [2.75, 3.05) is 0 Å². The lowest BCUT2D eigenvalue weighted by atomic mass is 10.1. The predicted octanol–water partition coefficient (Wildman–Crippen LogP) is 2.18. The first kappa shape index (κ1) is 9.00. The van der Waals surface area contributed by atoms with E-state index < -0.39 is 0 Å². The maximum Gasteiger partial charge on any atom is 0.0130 e. The zero-order chi connectivity index (χ0) is 8.27. The van der Waals surface area contributed by atoms with Crippen molar-refractivity contribution in [2.24, 2.45) is 5.73 Å². The summed E-state index contributed by atoms with van der Waals surface area (Å²) in [4.78, 5) is 0. The molecule has 1 nitrogen and oxygen atoms in total. The van der Waals surface area contributed by atoms with E-state index in [1.54, 1.807) is 0 Å². The van der Waals surface area contributed by atoms with Crippen LogP contribution in [0.2, 0.25) is 0 Å². The second kappa shape index (κ2) is 4.07. The molecule has 0 saturated heterocycles. The molecule has 0 fully saturated rings. The van der Waals surface area contributed by atoms with Gasteiger partial charge in [-0.05, 0) is 53.6 Å². The molecule has 1 aromatic rings. The molecule has 2 heteroatoms. The van der Waals surface area contributed by atoms with Crippen molar-refractivity contribution in [2.45, 2.75) is 19.4 Å². The Hall–Kier alpha value is -0.0900. The van der Waals surface area contributed by atoms with Crippen molar-refractivity contribution >= 4 is 22.6 Å². The van der Waals surface area contributed by atoms with Crippen LogP contribution in [0.5, 0.6) is 0 Å². The van der Waals surface area contributed by atoms with Gasteiger partial charge in [0, 0.05) is 9.61 Å². The lowest BCUT2D eigenvalue weighted by Gasteiger charge is -2.03. The molecule has 0 aliphatic carbocycles. The molecule has 0 spiro atoms. The molecule has 0 aromatic heterocycles. The fourth-order valence-corrected chi connectivity index (χ4v) is 1.35. The van der Waals surface area contributed by atoms with E-state index in [2.05, 4.69) is 46.9 Å². The van der Waals surface area contributed by atoms with Gasteiger partial charge in [0.2, 0.25) is 0 Å². The minimum atomic E-state index is 0.259. The van der Waals surface area contributed by atoms with E-state index in [0.717, 1.165) is 6.42 Å². The van der Waals surface area contributed by atoms with Crippen LogP contribution in [0.4, 0.5) is 0 Å². The van der Waals surface area contributed by atoms with Crippen LogP contribution in [0.1, 0.15) is 12.5 Å². The monoisotopic (exact) mass is 257 g/mol. The fourth-order valence-electron chi connectivity index (χ4n) is 0.992. The number of hydrogen-bond donors (Lipinski definition) is 1. The molecule has 0 radical (unpaired) electrons. The van der Waals surface area contributed by atoms with E-state index >= 15 is 0 Å². The van der Waals surface area contributed by atoms with Gasteiger partial charge in [0.25, 0.3) is 0 Å².